The topological polar surface area (TPSA) is 26.3 Å². The summed E-state index contributed by atoms with van der Waals surface area (Å²) in [7, 11) is 1.63. The summed E-state index contributed by atoms with van der Waals surface area (Å²) in [5, 5.41) is 0. The molecule has 0 aliphatic heterocycles. The second-order valence-electron chi connectivity index (χ2n) is 4.93. The first-order valence-electron chi connectivity index (χ1n) is 6.39. The molecule has 0 bridgehead atoms. The molecule has 1 aromatic rings. The maximum Gasteiger partial charge on any atom is 0.166 e. The van der Waals surface area contributed by atoms with Crippen LogP contribution in [-0.4, -0.2) is 12.9 Å². The van der Waals surface area contributed by atoms with Crippen LogP contribution in [-0.2, 0) is 0 Å². The van der Waals surface area contributed by atoms with Crippen LogP contribution in [0.2, 0.25) is 0 Å². The van der Waals surface area contributed by atoms with Gasteiger partial charge in [0.2, 0.25) is 0 Å². The highest BCUT2D eigenvalue weighted by Crippen LogP contribution is 2.31. The number of hydrogen-bond acceptors (Lipinski definition) is 2. The SMILES string of the molecule is COc1c(C)cccc1C(=O)CC1CCCC1. The van der Waals surface area contributed by atoms with Gasteiger partial charge in [-0.05, 0) is 24.5 Å². The molecule has 17 heavy (non-hydrogen) atoms. The average molecular weight is 232 g/mol. The minimum Gasteiger partial charge on any atom is -0.496 e. The van der Waals surface area contributed by atoms with Gasteiger partial charge in [0.15, 0.2) is 5.78 Å². The molecule has 92 valence electrons. The van der Waals surface area contributed by atoms with Gasteiger partial charge in [-0.2, -0.15) is 0 Å². The molecule has 1 aliphatic rings. The fourth-order valence-corrected chi connectivity index (χ4v) is 2.73. The number of ketones is 1. The number of Topliss-reactive ketones (excluding diaryl/α,β-unsaturated/α-hetero) is 1. The Labute approximate surface area is 103 Å². The van der Waals surface area contributed by atoms with Crippen molar-refractivity contribution in [2.75, 3.05) is 7.11 Å². The van der Waals surface area contributed by atoms with E-state index in [1.807, 2.05) is 25.1 Å². The van der Waals surface area contributed by atoms with E-state index in [9.17, 15) is 4.79 Å². The van der Waals surface area contributed by atoms with E-state index in [0.29, 0.717) is 12.3 Å². The van der Waals surface area contributed by atoms with E-state index >= 15 is 0 Å². The maximum atomic E-state index is 12.3. The quantitative estimate of drug-likeness (QED) is 0.739. The summed E-state index contributed by atoms with van der Waals surface area (Å²) < 4.78 is 5.34. The Hall–Kier alpha value is -1.31. The molecule has 2 heteroatoms. The fourth-order valence-electron chi connectivity index (χ4n) is 2.73. The van der Waals surface area contributed by atoms with Gasteiger partial charge in [-0.1, -0.05) is 37.8 Å². The van der Waals surface area contributed by atoms with Gasteiger partial charge in [0.05, 0.1) is 12.7 Å². The zero-order valence-electron chi connectivity index (χ0n) is 10.7. The predicted octanol–water partition coefficient (Wildman–Crippen LogP) is 3.77. The number of benzene rings is 1. The van der Waals surface area contributed by atoms with E-state index in [0.717, 1.165) is 16.9 Å². The minimum absolute atomic E-state index is 0.234. The molecule has 0 aromatic heterocycles. The van der Waals surface area contributed by atoms with Gasteiger partial charge >= 0.3 is 0 Å². The van der Waals surface area contributed by atoms with Gasteiger partial charge in [-0.3, -0.25) is 4.79 Å². The van der Waals surface area contributed by atoms with Gasteiger partial charge in [0.1, 0.15) is 5.75 Å². The lowest BCUT2D eigenvalue weighted by atomic mass is 9.95. The van der Waals surface area contributed by atoms with Crippen LogP contribution in [0.15, 0.2) is 18.2 Å². The average Bonchev–Trinajstić information content (AvgIpc) is 2.81. The predicted molar refractivity (Wildman–Crippen MR) is 68.6 cm³/mol. The molecule has 0 N–H and O–H groups in total. The molecule has 0 spiro atoms. The Balaban J connectivity index is 2.15. The molecule has 1 aromatic carbocycles. The smallest absolute Gasteiger partial charge is 0.166 e. The Morgan fingerprint density at radius 3 is 2.71 bits per heavy atom. The summed E-state index contributed by atoms with van der Waals surface area (Å²) in [6, 6.07) is 5.79. The zero-order chi connectivity index (χ0) is 12.3. The van der Waals surface area contributed by atoms with Crippen molar-refractivity contribution in [3.63, 3.8) is 0 Å². The number of hydrogen-bond donors (Lipinski definition) is 0. The van der Waals surface area contributed by atoms with Gasteiger partial charge < -0.3 is 4.74 Å². The lowest BCUT2D eigenvalue weighted by Gasteiger charge is -2.12. The van der Waals surface area contributed by atoms with Crippen molar-refractivity contribution in [3.05, 3.63) is 29.3 Å². The van der Waals surface area contributed by atoms with Crippen molar-refractivity contribution < 1.29 is 9.53 Å². The van der Waals surface area contributed by atoms with Crippen molar-refractivity contribution >= 4 is 5.78 Å². The lowest BCUT2D eigenvalue weighted by molar-refractivity contribution is 0.0959. The highest BCUT2D eigenvalue weighted by molar-refractivity contribution is 5.99. The molecule has 0 radical (unpaired) electrons. The second-order valence-corrected chi connectivity index (χ2v) is 4.93. The van der Waals surface area contributed by atoms with Gasteiger partial charge in [0.25, 0.3) is 0 Å². The number of ether oxygens (including phenoxy) is 1. The number of rotatable bonds is 4. The number of methoxy groups -OCH3 is 1. The molecule has 0 heterocycles. The van der Waals surface area contributed by atoms with E-state index in [-0.39, 0.29) is 5.78 Å². The summed E-state index contributed by atoms with van der Waals surface area (Å²) in [5.74, 6) is 1.57. The monoisotopic (exact) mass is 232 g/mol. The summed E-state index contributed by atoms with van der Waals surface area (Å²) in [6.45, 7) is 1.98. The third kappa shape index (κ3) is 2.68. The van der Waals surface area contributed by atoms with Crippen LogP contribution in [0.4, 0.5) is 0 Å². The summed E-state index contributed by atoms with van der Waals surface area (Å²) >= 11 is 0. The molecule has 0 amide bonds. The summed E-state index contributed by atoms with van der Waals surface area (Å²) in [6.07, 6.45) is 5.66. The van der Waals surface area contributed by atoms with Crippen LogP contribution in [0.5, 0.6) is 5.75 Å². The molecule has 0 unspecified atom stereocenters. The molecule has 0 atom stereocenters. The molecular weight excluding hydrogens is 212 g/mol. The Morgan fingerprint density at radius 2 is 2.06 bits per heavy atom. The van der Waals surface area contributed by atoms with E-state index in [1.54, 1.807) is 7.11 Å². The van der Waals surface area contributed by atoms with E-state index in [4.69, 9.17) is 4.74 Å². The third-order valence-corrected chi connectivity index (χ3v) is 3.67. The number of carbonyl (C=O) groups excluding carboxylic acids is 1. The molecule has 1 aliphatic carbocycles. The summed E-state index contributed by atoms with van der Waals surface area (Å²) in [5.41, 5.74) is 1.78. The molecule has 1 fully saturated rings. The number of carbonyl (C=O) groups is 1. The van der Waals surface area contributed by atoms with E-state index in [1.165, 1.54) is 25.7 Å². The first-order valence-corrected chi connectivity index (χ1v) is 6.39. The molecule has 0 saturated heterocycles. The minimum atomic E-state index is 0.234. The van der Waals surface area contributed by atoms with Crippen LogP contribution < -0.4 is 4.74 Å². The maximum absolute atomic E-state index is 12.3. The second kappa shape index (κ2) is 5.35. The van der Waals surface area contributed by atoms with Crippen LogP contribution in [0, 0.1) is 12.8 Å². The van der Waals surface area contributed by atoms with Crippen molar-refractivity contribution in [1.29, 1.82) is 0 Å². The van der Waals surface area contributed by atoms with Crippen LogP contribution in [0.25, 0.3) is 0 Å². The third-order valence-electron chi connectivity index (χ3n) is 3.67. The largest absolute Gasteiger partial charge is 0.496 e. The Morgan fingerprint density at radius 1 is 1.35 bits per heavy atom. The zero-order valence-corrected chi connectivity index (χ0v) is 10.7. The summed E-state index contributed by atoms with van der Waals surface area (Å²) in [4.78, 5) is 12.3. The standard InChI is InChI=1S/C15H20O2/c1-11-6-5-9-13(15(11)17-2)14(16)10-12-7-3-4-8-12/h5-6,9,12H,3-4,7-8,10H2,1-2H3. The number of para-hydroxylation sites is 1. The molecular formula is C15H20O2. The lowest BCUT2D eigenvalue weighted by Crippen LogP contribution is -2.08. The first kappa shape index (κ1) is 12.2. The molecule has 2 rings (SSSR count). The van der Waals surface area contributed by atoms with Gasteiger partial charge in [-0.25, -0.2) is 0 Å². The van der Waals surface area contributed by atoms with E-state index < -0.39 is 0 Å². The highest BCUT2D eigenvalue weighted by atomic mass is 16.5. The van der Waals surface area contributed by atoms with Crippen molar-refractivity contribution in [3.8, 4) is 5.75 Å². The Kier molecular flexibility index (Phi) is 3.82. The normalized spacial score (nSPS) is 16.1. The Bertz CT molecular complexity index is 403. The van der Waals surface area contributed by atoms with Crippen molar-refractivity contribution in [2.24, 2.45) is 5.92 Å². The van der Waals surface area contributed by atoms with Crippen molar-refractivity contribution in [1.82, 2.24) is 0 Å². The molecule has 1 saturated carbocycles. The van der Waals surface area contributed by atoms with Crippen LogP contribution in [0.3, 0.4) is 0 Å². The van der Waals surface area contributed by atoms with Crippen LogP contribution in [0.1, 0.15) is 48.0 Å². The van der Waals surface area contributed by atoms with E-state index in [2.05, 4.69) is 0 Å². The van der Waals surface area contributed by atoms with Crippen molar-refractivity contribution in [2.45, 2.75) is 39.0 Å². The molecule has 2 nitrogen and oxygen atoms in total. The van der Waals surface area contributed by atoms with Gasteiger partial charge in [0, 0.05) is 6.42 Å². The fraction of sp³-hybridized carbons (Fsp3) is 0.533. The highest BCUT2D eigenvalue weighted by Gasteiger charge is 2.21. The number of aryl methyl sites for hydroxylation is 1. The van der Waals surface area contributed by atoms with Gasteiger partial charge in [-0.15, -0.1) is 0 Å². The first-order chi connectivity index (χ1) is 8.22. The van der Waals surface area contributed by atoms with Crippen LogP contribution >= 0.6 is 0 Å².